The van der Waals surface area contributed by atoms with E-state index in [-0.39, 0.29) is 24.6 Å². The van der Waals surface area contributed by atoms with Gasteiger partial charge in [0.15, 0.2) is 0 Å². The quantitative estimate of drug-likeness (QED) is 0.729. The van der Waals surface area contributed by atoms with Crippen LogP contribution < -0.4 is 5.73 Å². The molecule has 0 saturated carbocycles. The lowest BCUT2D eigenvalue weighted by Crippen LogP contribution is -2.34. The molecule has 0 atom stereocenters. The van der Waals surface area contributed by atoms with Gasteiger partial charge in [0, 0.05) is 18.7 Å². The summed E-state index contributed by atoms with van der Waals surface area (Å²) in [5.41, 5.74) is 5.93. The van der Waals surface area contributed by atoms with Crippen molar-refractivity contribution in [3.8, 4) is 11.8 Å². The van der Waals surface area contributed by atoms with Gasteiger partial charge in [-0.25, -0.2) is 8.42 Å². The molecule has 0 bridgehead atoms. The van der Waals surface area contributed by atoms with Crippen molar-refractivity contribution in [1.29, 1.82) is 0 Å². The first kappa shape index (κ1) is 17.7. The smallest absolute Gasteiger partial charge is 0.243 e. The number of hydrogen-bond acceptors (Lipinski definition) is 4. The van der Waals surface area contributed by atoms with Crippen molar-refractivity contribution in [3.05, 3.63) is 29.8 Å². The molecule has 0 heterocycles. The van der Waals surface area contributed by atoms with Gasteiger partial charge >= 0.3 is 0 Å². The zero-order valence-corrected chi connectivity index (χ0v) is 13.1. The van der Waals surface area contributed by atoms with Gasteiger partial charge in [-0.1, -0.05) is 31.3 Å². The third-order valence-corrected chi connectivity index (χ3v) is 4.81. The average Bonchev–Trinajstić information content (AvgIpc) is 2.49. The zero-order valence-electron chi connectivity index (χ0n) is 12.2. The third kappa shape index (κ3) is 5.14. The molecular formula is C15H22N2O3S. The molecule has 0 fully saturated rings. The monoisotopic (exact) mass is 310 g/mol. The second-order valence-corrected chi connectivity index (χ2v) is 6.45. The summed E-state index contributed by atoms with van der Waals surface area (Å²) in [6.45, 7) is 2.52. The minimum Gasteiger partial charge on any atom is -0.395 e. The summed E-state index contributed by atoms with van der Waals surface area (Å²) in [7, 11) is -3.61. The lowest BCUT2D eigenvalue weighted by Gasteiger charge is -2.21. The van der Waals surface area contributed by atoms with Gasteiger partial charge in [0.05, 0.1) is 18.0 Å². The second kappa shape index (κ2) is 8.80. The number of unbranched alkanes of at least 4 members (excludes halogenated alkanes) is 1. The molecule has 0 radical (unpaired) electrons. The second-order valence-electron chi connectivity index (χ2n) is 4.51. The molecule has 0 unspecified atom stereocenters. The molecular weight excluding hydrogens is 288 g/mol. The largest absolute Gasteiger partial charge is 0.395 e. The summed E-state index contributed by atoms with van der Waals surface area (Å²) in [5.74, 6) is 5.52. The topological polar surface area (TPSA) is 83.6 Å². The average molecular weight is 310 g/mol. The molecule has 1 aromatic carbocycles. The molecule has 1 rings (SSSR count). The number of aliphatic hydroxyl groups is 1. The van der Waals surface area contributed by atoms with Crippen LogP contribution in [0.15, 0.2) is 29.2 Å². The maximum absolute atomic E-state index is 12.6. The lowest BCUT2D eigenvalue weighted by atomic mass is 10.2. The Bertz CT molecular complexity index is 603. The minimum atomic E-state index is -3.61. The fraction of sp³-hybridized carbons (Fsp3) is 0.467. The van der Waals surface area contributed by atoms with Gasteiger partial charge in [-0.15, -0.1) is 0 Å². The molecule has 0 spiro atoms. The predicted octanol–water partition coefficient (Wildman–Crippen LogP) is 0.780. The Labute approximate surface area is 126 Å². The Hall–Kier alpha value is -1.39. The predicted molar refractivity (Wildman–Crippen MR) is 83.1 cm³/mol. The summed E-state index contributed by atoms with van der Waals surface area (Å²) in [6.07, 6.45) is 1.64. The van der Waals surface area contributed by atoms with E-state index in [2.05, 4.69) is 11.8 Å². The Morgan fingerprint density at radius 2 is 2.10 bits per heavy atom. The number of nitrogens with zero attached hydrogens (tertiary/aromatic N) is 1. The summed E-state index contributed by atoms with van der Waals surface area (Å²) < 4.78 is 26.5. The summed E-state index contributed by atoms with van der Waals surface area (Å²) in [6, 6.07) is 6.47. The van der Waals surface area contributed by atoms with Gasteiger partial charge in [-0.05, 0) is 24.6 Å². The van der Waals surface area contributed by atoms with Crippen molar-refractivity contribution in [2.24, 2.45) is 5.73 Å². The molecule has 0 aliphatic carbocycles. The minimum absolute atomic E-state index is 0.0983. The van der Waals surface area contributed by atoms with Crippen LogP contribution in [0.4, 0.5) is 0 Å². The molecule has 116 valence electrons. The molecule has 21 heavy (non-hydrogen) atoms. The van der Waals surface area contributed by atoms with E-state index in [0.29, 0.717) is 12.1 Å². The van der Waals surface area contributed by atoms with Crippen molar-refractivity contribution in [1.82, 2.24) is 4.31 Å². The normalized spacial score (nSPS) is 11.2. The molecule has 6 heteroatoms. The van der Waals surface area contributed by atoms with E-state index in [1.165, 1.54) is 10.4 Å². The van der Waals surface area contributed by atoms with Crippen molar-refractivity contribution >= 4 is 10.0 Å². The summed E-state index contributed by atoms with van der Waals surface area (Å²) in [5, 5.41) is 9.07. The Balaban J connectivity index is 3.09. The highest BCUT2D eigenvalue weighted by atomic mass is 32.2. The van der Waals surface area contributed by atoms with Gasteiger partial charge in [0.2, 0.25) is 10.0 Å². The Morgan fingerprint density at radius 3 is 2.71 bits per heavy atom. The lowest BCUT2D eigenvalue weighted by molar-refractivity contribution is 0.252. The molecule has 0 aliphatic heterocycles. The van der Waals surface area contributed by atoms with E-state index in [1.54, 1.807) is 18.2 Å². The van der Waals surface area contributed by atoms with Gasteiger partial charge in [0.1, 0.15) is 0 Å². The van der Waals surface area contributed by atoms with Crippen LogP contribution in [0.1, 0.15) is 25.3 Å². The number of sulfonamides is 1. The fourth-order valence-corrected chi connectivity index (χ4v) is 3.35. The van der Waals surface area contributed by atoms with Crippen molar-refractivity contribution in [2.45, 2.75) is 24.7 Å². The number of benzene rings is 1. The molecule has 3 N–H and O–H groups in total. The van der Waals surface area contributed by atoms with Crippen molar-refractivity contribution < 1.29 is 13.5 Å². The van der Waals surface area contributed by atoms with E-state index < -0.39 is 10.0 Å². The van der Waals surface area contributed by atoms with Gasteiger partial charge in [-0.3, -0.25) is 0 Å². The Morgan fingerprint density at radius 1 is 1.33 bits per heavy atom. The van der Waals surface area contributed by atoms with Crippen LogP contribution >= 0.6 is 0 Å². The first-order valence-electron chi connectivity index (χ1n) is 6.96. The van der Waals surface area contributed by atoms with Crippen LogP contribution in [0, 0.1) is 11.8 Å². The van der Waals surface area contributed by atoms with Gasteiger partial charge < -0.3 is 10.8 Å². The maximum Gasteiger partial charge on any atom is 0.243 e. The number of nitrogens with two attached hydrogens (primary N) is 1. The highest BCUT2D eigenvalue weighted by Crippen LogP contribution is 2.17. The first-order valence-corrected chi connectivity index (χ1v) is 8.40. The third-order valence-electron chi connectivity index (χ3n) is 2.92. The van der Waals surface area contributed by atoms with Crippen LogP contribution in [-0.2, 0) is 10.0 Å². The van der Waals surface area contributed by atoms with Crippen molar-refractivity contribution in [3.63, 3.8) is 0 Å². The molecule has 0 aliphatic rings. The fourth-order valence-electron chi connectivity index (χ4n) is 1.83. The van der Waals surface area contributed by atoms with Crippen LogP contribution in [0.25, 0.3) is 0 Å². The molecule has 5 nitrogen and oxygen atoms in total. The highest BCUT2D eigenvalue weighted by molar-refractivity contribution is 7.89. The van der Waals surface area contributed by atoms with Crippen LogP contribution in [0.3, 0.4) is 0 Å². The highest BCUT2D eigenvalue weighted by Gasteiger charge is 2.23. The summed E-state index contributed by atoms with van der Waals surface area (Å²) >= 11 is 0. The summed E-state index contributed by atoms with van der Waals surface area (Å²) in [4.78, 5) is 0.191. The van der Waals surface area contributed by atoms with Crippen molar-refractivity contribution in [2.75, 3.05) is 26.2 Å². The SMILES string of the molecule is CCCCN(CCO)S(=O)(=O)c1cccc(C#CCN)c1. The molecule has 1 aromatic rings. The molecule has 0 amide bonds. The van der Waals surface area contributed by atoms with Gasteiger partial charge in [0.25, 0.3) is 0 Å². The van der Waals surface area contributed by atoms with E-state index in [1.807, 2.05) is 6.92 Å². The van der Waals surface area contributed by atoms with E-state index in [4.69, 9.17) is 10.8 Å². The van der Waals surface area contributed by atoms with Crippen LogP contribution in [0.2, 0.25) is 0 Å². The van der Waals surface area contributed by atoms with Crippen LogP contribution in [0.5, 0.6) is 0 Å². The molecule has 0 aromatic heterocycles. The van der Waals surface area contributed by atoms with Gasteiger partial charge in [-0.2, -0.15) is 4.31 Å². The molecule has 0 saturated heterocycles. The zero-order chi connectivity index (χ0) is 15.7. The maximum atomic E-state index is 12.6. The Kier molecular flexibility index (Phi) is 7.40. The standard InChI is InChI=1S/C15H22N2O3S/c1-2-3-10-17(11-12-18)21(19,20)15-8-4-6-14(13-15)7-5-9-16/h4,6,8,13,18H,2-3,9-12,16H2,1H3. The first-order chi connectivity index (χ1) is 10.1. The van der Waals surface area contributed by atoms with E-state index in [0.717, 1.165) is 12.8 Å². The number of hydrogen-bond donors (Lipinski definition) is 2. The number of aliphatic hydroxyl groups excluding tert-OH is 1. The van der Waals surface area contributed by atoms with E-state index >= 15 is 0 Å². The van der Waals surface area contributed by atoms with Crippen LogP contribution in [-0.4, -0.2) is 44.1 Å². The number of rotatable bonds is 7. The van der Waals surface area contributed by atoms with E-state index in [9.17, 15) is 8.42 Å².